The number of rotatable bonds is 5. The fourth-order valence-corrected chi connectivity index (χ4v) is 2.28. The number of aliphatic hydroxyl groups is 1. The highest BCUT2D eigenvalue weighted by molar-refractivity contribution is 6.08. The van der Waals surface area contributed by atoms with Crippen LogP contribution >= 0.6 is 0 Å². The molecule has 10 heteroatoms. The van der Waals surface area contributed by atoms with Crippen molar-refractivity contribution in [2.24, 2.45) is 0 Å². The van der Waals surface area contributed by atoms with E-state index in [0.29, 0.717) is 6.07 Å². The van der Waals surface area contributed by atoms with Crippen LogP contribution in [0.1, 0.15) is 5.56 Å². The molecule has 0 aromatic heterocycles. The highest BCUT2D eigenvalue weighted by Gasteiger charge is 2.35. The third kappa shape index (κ3) is 3.90. The number of hydrogen-bond acceptors (Lipinski definition) is 5. The van der Waals surface area contributed by atoms with Gasteiger partial charge >= 0.3 is 12.1 Å². The van der Waals surface area contributed by atoms with Crippen molar-refractivity contribution in [1.29, 1.82) is 0 Å². The van der Waals surface area contributed by atoms with Crippen LogP contribution in [0.2, 0.25) is 0 Å². The normalized spacial score (nSPS) is 15.0. The van der Waals surface area contributed by atoms with Crippen molar-refractivity contribution in [1.82, 2.24) is 4.90 Å². The Morgan fingerprint density at radius 3 is 2.60 bits per heavy atom. The minimum Gasteiger partial charge on any atom is -0.466 e. The van der Waals surface area contributed by atoms with Gasteiger partial charge in [0.2, 0.25) is 0 Å². The number of carbonyl (C=O) groups excluding carboxylic acids is 2. The van der Waals surface area contributed by atoms with Crippen LogP contribution in [-0.4, -0.2) is 48.7 Å². The van der Waals surface area contributed by atoms with Gasteiger partial charge in [0.05, 0.1) is 37.1 Å². The predicted molar refractivity (Wildman–Crippen MR) is 77.7 cm³/mol. The predicted octanol–water partition coefficient (Wildman–Crippen LogP) is 1.52. The highest BCUT2D eigenvalue weighted by Crippen LogP contribution is 2.32. The number of anilines is 1. The van der Waals surface area contributed by atoms with Crippen LogP contribution in [0.25, 0.3) is 0 Å². The number of nitrogens with zero attached hydrogens (tertiary/aromatic N) is 1. The molecule has 0 bridgehead atoms. The van der Waals surface area contributed by atoms with Crippen LogP contribution in [0.3, 0.4) is 0 Å². The molecule has 136 valence electrons. The van der Waals surface area contributed by atoms with Crippen molar-refractivity contribution in [3.8, 4) is 0 Å². The first kappa shape index (κ1) is 18.7. The SMILES string of the molecule is COC(=O)C1=C(Nc2ccc(C(F)(F)F)cc2F)C(=O)N(CCO)C1. The van der Waals surface area contributed by atoms with Gasteiger partial charge < -0.3 is 20.1 Å². The van der Waals surface area contributed by atoms with E-state index < -0.39 is 35.1 Å². The van der Waals surface area contributed by atoms with Crippen LogP contribution in [-0.2, 0) is 20.5 Å². The van der Waals surface area contributed by atoms with E-state index >= 15 is 0 Å². The van der Waals surface area contributed by atoms with Gasteiger partial charge in [0.25, 0.3) is 5.91 Å². The Balaban J connectivity index is 2.35. The number of benzene rings is 1. The van der Waals surface area contributed by atoms with Crippen LogP contribution in [0.5, 0.6) is 0 Å². The second kappa shape index (κ2) is 7.09. The summed E-state index contributed by atoms with van der Waals surface area (Å²) in [6.07, 6.45) is -4.71. The molecular formula is C15H14F4N2O4. The summed E-state index contributed by atoms with van der Waals surface area (Å²) in [6.45, 7) is -0.598. The number of alkyl halides is 3. The summed E-state index contributed by atoms with van der Waals surface area (Å²) in [5, 5.41) is 11.3. The van der Waals surface area contributed by atoms with Crippen molar-refractivity contribution in [3.63, 3.8) is 0 Å². The monoisotopic (exact) mass is 362 g/mol. The van der Waals surface area contributed by atoms with Gasteiger partial charge in [0, 0.05) is 6.54 Å². The average Bonchev–Trinajstić information content (AvgIpc) is 2.85. The quantitative estimate of drug-likeness (QED) is 0.613. The Morgan fingerprint density at radius 2 is 2.08 bits per heavy atom. The van der Waals surface area contributed by atoms with E-state index in [-0.39, 0.29) is 37.0 Å². The molecule has 1 aromatic carbocycles. The topological polar surface area (TPSA) is 78.9 Å². The second-order valence-corrected chi connectivity index (χ2v) is 5.11. The van der Waals surface area contributed by atoms with E-state index in [1.54, 1.807) is 0 Å². The molecule has 1 aromatic rings. The number of β-amino-alcohol motifs (C(OH)–C–C–N with tert-alkyl or cyclic N) is 1. The van der Waals surface area contributed by atoms with Gasteiger partial charge in [0.1, 0.15) is 11.5 Å². The first-order chi connectivity index (χ1) is 11.7. The van der Waals surface area contributed by atoms with E-state index in [2.05, 4.69) is 10.1 Å². The van der Waals surface area contributed by atoms with Crippen molar-refractivity contribution in [3.05, 3.63) is 40.8 Å². The summed E-state index contributed by atoms with van der Waals surface area (Å²) in [6, 6.07) is 1.75. The van der Waals surface area contributed by atoms with E-state index in [1.165, 1.54) is 0 Å². The number of amides is 1. The third-order valence-corrected chi connectivity index (χ3v) is 3.51. The lowest BCUT2D eigenvalue weighted by atomic mass is 10.1. The summed E-state index contributed by atoms with van der Waals surface area (Å²) < 4.78 is 56.2. The van der Waals surface area contributed by atoms with Crippen LogP contribution in [0.15, 0.2) is 29.5 Å². The molecule has 6 nitrogen and oxygen atoms in total. The standard InChI is InChI=1S/C15H14F4N2O4/c1-25-14(24)9-7-21(4-5-22)13(23)12(9)20-11-3-2-8(6-10(11)16)15(17,18)19/h2-3,6,20,22H,4-5,7H2,1H3. The van der Waals surface area contributed by atoms with Crippen LogP contribution in [0.4, 0.5) is 23.2 Å². The maximum absolute atomic E-state index is 14.0. The summed E-state index contributed by atoms with van der Waals surface area (Å²) in [5.41, 5.74) is -2.00. The van der Waals surface area contributed by atoms with Gasteiger partial charge in [-0.2, -0.15) is 13.2 Å². The molecule has 0 saturated carbocycles. The number of esters is 1. The molecule has 0 radical (unpaired) electrons. The number of methoxy groups -OCH3 is 1. The summed E-state index contributed by atoms with van der Waals surface area (Å²) in [4.78, 5) is 25.2. The number of nitrogens with one attached hydrogen (secondary N) is 1. The van der Waals surface area contributed by atoms with Crippen LogP contribution < -0.4 is 5.32 Å². The minimum atomic E-state index is -4.71. The first-order valence-electron chi connectivity index (χ1n) is 7.04. The average molecular weight is 362 g/mol. The molecule has 0 saturated heterocycles. The molecule has 25 heavy (non-hydrogen) atoms. The first-order valence-corrected chi connectivity index (χ1v) is 7.04. The molecule has 0 unspecified atom stereocenters. The fraction of sp³-hybridized carbons (Fsp3) is 0.333. The van der Waals surface area contributed by atoms with Gasteiger partial charge in [-0.25, -0.2) is 9.18 Å². The van der Waals surface area contributed by atoms with Crippen molar-refractivity contribution in [2.75, 3.05) is 32.1 Å². The number of aliphatic hydroxyl groups excluding tert-OH is 1. The summed E-state index contributed by atoms with van der Waals surface area (Å²) in [7, 11) is 1.09. The lowest BCUT2D eigenvalue weighted by Gasteiger charge is -2.15. The van der Waals surface area contributed by atoms with Gasteiger partial charge in [-0.1, -0.05) is 0 Å². The van der Waals surface area contributed by atoms with Crippen molar-refractivity contribution in [2.45, 2.75) is 6.18 Å². The molecule has 1 amide bonds. The molecule has 1 aliphatic rings. The largest absolute Gasteiger partial charge is 0.466 e. The van der Waals surface area contributed by atoms with Gasteiger partial charge in [0.15, 0.2) is 0 Å². The third-order valence-electron chi connectivity index (χ3n) is 3.51. The molecule has 1 heterocycles. The van der Waals surface area contributed by atoms with E-state index in [9.17, 15) is 27.2 Å². The molecule has 0 atom stereocenters. The van der Waals surface area contributed by atoms with Crippen LogP contribution in [0, 0.1) is 5.82 Å². The molecule has 2 rings (SSSR count). The van der Waals surface area contributed by atoms with Gasteiger partial charge in [-0.3, -0.25) is 4.79 Å². The Hall–Kier alpha value is -2.62. The van der Waals surface area contributed by atoms with Gasteiger partial charge in [-0.05, 0) is 18.2 Å². The van der Waals surface area contributed by atoms with E-state index in [4.69, 9.17) is 5.11 Å². The molecule has 0 aliphatic carbocycles. The number of carbonyl (C=O) groups is 2. The van der Waals surface area contributed by atoms with Crippen molar-refractivity contribution >= 4 is 17.6 Å². The maximum Gasteiger partial charge on any atom is 0.416 e. The minimum absolute atomic E-state index is 0.0694. The second-order valence-electron chi connectivity index (χ2n) is 5.11. The molecule has 1 aliphatic heterocycles. The summed E-state index contributed by atoms with van der Waals surface area (Å²) >= 11 is 0. The Labute approximate surface area is 139 Å². The lowest BCUT2D eigenvalue weighted by molar-refractivity contribution is -0.138. The Kier molecular flexibility index (Phi) is 5.31. The van der Waals surface area contributed by atoms with Crippen molar-refractivity contribution < 1.29 is 37.0 Å². The zero-order chi connectivity index (χ0) is 18.8. The number of ether oxygens (including phenoxy) is 1. The smallest absolute Gasteiger partial charge is 0.416 e. The Morgan fingerprint density at radius 1 is 1.40 bits per heavy atom. The summed E-state index contributed by atoms with van der Waals surface area (Å²) in [5.74, 6) is -2.78. The Bertz CT molecular complexity index is 731. The molecule has 0 fully saturated rings. The molecule has 0 spiro atoms. The zero-order valence-corrected chi connectivity index (χ0v) is 13.0. The van der Waals surface area contributed by atoms with Gasteiger partial charge in [-0.15, -0.1) is 0 Å². The zero-order valence-electron chi connectivity index (χ0n) is 13.0. The number of halogens is 4. The fourth-order valence-electron chi connectivity index (χ4n) is 2.28. The number of hydrogen-bond donors (Lipinski definition) is 2. The van der Waals surface area contributed by atoms with E-state index in [1.807, 2.05) is 0 Å². The molecular weight excluding hydrogens is 348 g/mol. The maximum atomic E-state index is 14.0. The highest BCUT2D eigenvalue weighted by atomic mass is 19.4. The van der Waals surface area contributed by atoms with E-state index in [0.717, 1.165) is 18.1 Å². The molecule has 2 N–H and O–H groups in total. The lowest BCUT2D eigenvalue weighted by Crippen LogP contribution is -2.31.